The van der Waals surface area contributed by atoms with E-state index in [1.54, 1.807) is 35.5 Å². The molecule has 2 heterocycles. The third-order valence-electron chi connectivity index (χ3n) is 4.64. The molecule has 0 spiro atoms. The molecular formula is C17H16ClN3O3S. The largest absolute Gasteiger partial charge is 0.302 e. The number of carbonyl (C=O) groups excluding carboxylic acids is 1. The minimum Gasteiger partial charge on any atom is -0.302 e. The normalized spacial score (nSPS) is 19.2. The van der Waals surface area contributed by atoms with Gasteiger partial charge in [-0.05, 0) is 47.7 Å². The number of fused-ring (bicyclic) bond motifs is 2. The van der Waals surface area contributed by atoms with Crippen LogP contribution in [-0.4, -0.2) is 25.6 Å². The molecule has 6 nitrogen and oxygen atoms in total. The number of sulfonamides is 1. The van der Waals surface area contributed by atoms with E-state index in [0.717, 1.165) is 28.6 Å². The molecule has 1 atom stereocenters. The molecule has 25 heavy (non-hydrogen) atoms. The van der Waals surface area contributed by atoms with Crippen LogP contribution >= 0.6 is 11.6 Å². The monoisotopic (exact) mass is 377 g/mol. The van der Waals surface area contributed by atoms with Gasteiger partial charge in [0, 0.05) is 22.8 Å². The summed E-state index contributed by atoms with van der Waals surface area (Å²) in [4.78, 5) is 18.7. The van der Waals surface area contributed by atoms with Gasteiger partial charge in [-0.3, -0.25) is 9.78 Å². The molecular weight excluding hydrogens is 362 g/mol. The van der Waals surface area contributed by atoms with Gasteiger partial charge < -0.3 is 4.90 Å². The van der Waals surface area contributed by atoms with E-state index < -0.39 is 10.0 Å². The number of pyridine rings is 1. The summed E-state index contributed by atoms with van der Waals surface area (Å²) in [6.07, 6.45) is 5.85. The summed E-state index contributed by atoms with van der Waals surface area (Å²) in [5, 5.41) is 0.599. The van der Waals surface area contributed by atoms with E-state index in [1.165, 1.54) is 0 Å². The fourth-order valence-electron chi connectivity index (χ4n) is 3.61. The second-order valence-electron chi connectivity index (χ2n) is 6.40. The second kappa shape index (κ2) is 5.79. The summed E-state index contributed by atoms with van der Waals surface area (Å²) >= 11 is 6.03. The van der Waals surface area contributed by atoms with E-state index in [9.17, 15) is 13.2 Å². The number of anilines is 1. The zero-order valence-corrected chi connectivity index (χ0v) is 15.1. The Morgan fingerprint density at radius 3 is 2.88 bits per heavy atom. The molecule has 2 aromatic rings. The summed E-state index contributed by atoms with van der Waals surface area (Å²) in [5.41, 5.74) is 4.09. The van der Waals surface area contributed by atoms with Gasteiger partial charge in [-0.2, -0.15) is 0 Å². The molecule has 1 aromatic carbocycles. The highest BCUT2D eigenvalue weighted by atomic mass is 35.5. The van der Waals surface area contributed by atoms with Crippen LogP contribution in [0.15, 0.2) is 30.6 Å². The van der Waals surface area contributed by atoms with Crippen molar-refractivity contribution in [2.75, 3.05) is 11.2 Å². The Kier molecular flexibility index (Phi) is 3.82. The van der Waals surface area contributed by atoms with Gasteiger partial charge in [-0.15, -0.1) is 0 Å². The van der Waals surface area contributed by atoms with Crippen molar-refractivity contribution in [3.05, 3.63) is 57.9 Å². The van der Waals surface area contributed by atoms with Gasteiger partial charge in [0.15, 0.2) is 0 Å². The van der Waals surface area contributed by atoms with Gasteiger partial charge in [-0.1, -0.05) is 11.6 Å². The van der Waals surface area contributed by atoms with Crippen molar-refractivity contribution in [1.29, 1.82) is 0 Å². The lowest BCUT2D eigenvalue weighted by Crippen LogP contribution is -2.26. The van der Waals surface area contributed by atoms with Gasteiger partial charge in [-0.25, -0.2) is 13.1 Å². The molecule has 1 N–H and O–H groups in total. The number of rotatable bonds is 3. The van der Waals surface area contributed by atoms with E-state index in [4.69, 9.17) is 11.6 Å². The number of amides is 1. The Balaban J connectivity index is 1.71. The van der Waals surface area contributed by atoms with Crippen LogP contribution in [0.5, 0.6) is 0 Å². The molecule has 1 aliphatic heterocycles. The molecule has 0 saturated carbocycles. The molecule has 1 aromatic heterocycles. The van der Waals surface area contributed by atoms with Crippen LogP contribution in [0, 0.1) is 0 Å². The van der Waals surface area contributed by atoms with E-state index in [1.807, 2.05) is 0 Å². The average molecular weight is 378 g/mol. The number of benzene rings is 1. The van der Waals surface area contributed by atoms with Crippen LogP contribution in [-0.2, 0) is 23.0 Å². The molecule has 1 amide bonds. The smallest absolute Gasteiger partial charge is 0.258 e. The molecule has 0 unspecified atom stereocenters. The molecule has 0 radical (unpaired) electrons. The standard InChI is InChI=1S/C17H16ClN3O3S/c1-25(23,24)20-15-5-4-13-14(15)7-19-8-16(13)21-9-10-6-11(18)2-3-12(10)17(21)22/h2-3,6-8,15,20H,4-5,9H2,1H3/t15-/m1/s1. The molecule has 8 heteroatoms. The number of nitrogens with zero attached hydrogens (tertiary/aromatic N) is 2. The number of hydrogen-bond acceptors (Lipinski definition) is 4. The fourth-order valence-corrected chi connectivity index (χ4v) is 4.56. The zero-order chi connectivity index (χ0) is 17.8. The van der Waals surface area contributed by atoms with E-state index in [2.05, 4.69) is 9.71 Å². The molecule has 1 aliphatic carbocycles. The highest BCUT2D eigenvalue weighted by Crippen LogP contribution is 2.39. The number of hydrogen-bond donors (Lipinski definition) is 1. The first-order chi connectivity index (χ1) is 11.8. The third kappa shape index (κ3) is 2.92. The number of halogens is 1. The first kappa shape index (κ1) is 16.5. The van der Waals surface area contributed by atoms with Crippen LogP contribution in [0.3, 0.4) is 0 Å². The maximum atomic E-state index is 12.8. The minimum atomic E-state index is -3.31. The Morgan fingerprint density at radius 1 is 1.32 bits per heavy atom. The lowest BCUT2D eigenvalue weighted by atomic mass is 10.1. The summed E-state index contributed by atoms with van der Waals surface area (Å²) in [5.74, 6) is -0.0820. The summed E-state index contributed by atoms with van der Waals surface area (Å²) in [6.45, 7) is 0.441. The summed E-state index contributed by atoms with van der Waals surface area (Å²) in [7, 11) is -3.31. The number of aromatic nitrogens is 1. The first-order valence-electron chi connectivity index (χ1n) is 7.88. The van der Waals surface area contributed by atoms with Crippen molar-refractivity contribution in [3.63, 3.8) is 0 Å². The highest BCUT2D eigenvalue weighted by molar-refractivity contribution is 7.88. The van der Waals surface area contributed by atoms with Crippen LogP contribution in [0.4, 0.5) is 5.69 Å². The number of nitrogens with one attached hydrogen (secondary N) is 1. The average Bonchev–Trinajstić information content (AvgIpc) is 3.07. The SMILES string of the molecule is CS(=O)(=O)N[C@@H]1CCc2c1cncc2N1Cc2cc(Cl)ccc2C1=O. The zero-order valence-electron chi connectivity index (χ0n) is 13.5. The van der Waals surface area contributed by atoms with Crippen LogP contribution in [0.1, 0.15) is 39.5 Å². The summed E-state index contributed by atoms with van der Waals surface area (Å²) in [6, 6.07) is 4.96. The minimum absolute atomic E-state index is 0.0820. The van der Waals surface area contributed by atoms with Crippen molar-refractivity contribution >= 4 is 33.2 Å². The van der Waals surface area contributed by atoms with E-state index in [0.29, 0.717) is 30.0 Å². The van der Waals surface area contributed by atoms with Crippen molar-refractivity contribution in [1.82, 2.24) is 9.71 Å². The fraction of sp³-hybridized carbons (Fsp3) is 0.294. The third-order valence-corrected chi connectivity index (χ3v) is 5.59. The second-order valence-corrected chi connectivity index (χ2v) is 8.62. The topological polar surface area (TPSA) is 79.4 Å². The van der Waals surface area contributed by atoms with Gasteiger partial charge >= 0.3 is 0 Å². The molecule has 130 valence electrons. The predicted octanol–water partition coefficient (Wildman–Crippen LogP) is 2.43. The van der Waals surface area contributed by atoms with E-state index >= 15 is 0 Å². The van der Waals surface area contributed by atoms with Crippen molar-refractivity contribution in [3.8, 4) is 0 Å². The lowest BCUT2D eigenvalue weighted by molar-refractivity contribution is 0.0996. The molecule has 0 saturated heterocycles. The Labute approximate surface area is 150 Å². The lowest BCUT2D eigenvalue weighted by Gasteiger charge is -2.19. The van der Waals surface area contributed by atoms with Crippen LogP contribution in [0.2, 0.25) is 5.02 Å². The Bertz CT molecular complexity index is 991. The first-order valence-corrected chi connectivity index (χ1v) is 10.1. The maximum absolute atomic E-state index is 12.8. The van der Waals surface area contributed by atoms with E-state index in [-0.39, 0.29) is 11.9 Å². The van der Waals surface area contributed by atoms with Gasteiger partial charge in [0.1, 0.15) is 0 Å². The number of carbonyl (C=O) groups is 1. The van der Waals surface area contributed by atoms with Gasteiger partial charge in [0.25, 0.3) is 5.91 Å². The molecule has 2 aliphatic rings. The summed E-state index contributed by atoms with van der Waals surface area (Å²) < 4.78 is 25.8. The van der Waals surface area contributed by atoms with Crippen LogP contribution < -0.4 is 9.62 Å². The Hall–Kier alpha value is -1.96. The van der Waals surface area contributed by atoms with Crippen molar-refractivity contribution in [2.45, 2.75) is 25.4 Å². The van der Waals surface area contributed by atoms with Crippen molar-refractivity contribution < 1.29 is 13.2 Å². The molecule has 4 rings (SSSR count). The van der Waals surface area contributed by atoms with Gasteiger partial charge in [0.05, 0.1) is 24.7 Å². The Morgan fingerprint density at radius 2 is 2.12 bits per heavy atom. The predicted molar refractivity (Wildman–Crippen MR) is 95.2 cm³/mol. The maximum Gasteiger partial charge on any atom is 0.258 e. The quantitative estimate of drug-likeness (QED) is 0.890. The van der Waals surface area contributed by atoms with Crippen molar-refractivity contribution in [2.24, 2.45) is 0 Å². The molecule has 0 bridgehead atoms. The highest BCUT2D eigenvalue weighted by Gasteiger charge is 2.34. The molecule has 0 fully saturated rings. The van der Waals surface area contributed by atoms with Crippen LogP contribution in [0.25, 0.3) is 0 Å². The van der Waals surface area contributed by atoms with Gasteiger partial charge in [0.2, 0.25) is 10.0 Å².